The first-order valence-corrected chi connectivity index (χ1v) is 4.98. The molecule has 0 aliphatic carbocycles. The second-order valence-corrected chi connectivity index (χ2v) is 3.34. The van der Waals surface area contributed by atoms with E-state index in [2.05, 4.69) is 5.32 Å². The average molecular weight is 257 g/mol. The SMILES string of the molecule is COC(CN)C(=O)Nc1c(F)cccc1[N+](=O)[O-]. The smallest absolute Gasteiger partial charge is 0.295 e. The van der Waals surface area contributed by atoms with Crippen LogP contribution in [0.2, 0.25) is 0 Å². The highest BCUT2D eigenvalue weighted by Crippen LogP contribution is 2.27. The maximum atomic E-state index is 13.5. The van der Waals surface area contributed by atoms with Crippen molar-refractivity contribution in [3.63, 3.8) is 0 Å². The monoisotopic (exact) mass is 257 g/mol. The van der Waals surface area contributed by atoms with Crippen LogP contribution < -0.4 is 11.1 Å². The van der Waals surface area contributed by atoms with Crippen LogP contribution in [0.3, 0.4) is 0 Å². The van der Waals surface area contributed by atoms with Gasteiger partial charge in [-0.2, -0.15) is 0 Å². The van der Waals surface area contributed by atoms with Crippen molar-refractivity contribution in [1.82, 2.24) is 0 Å². The Bertz CT molecular complexity index is 462. The maximum Gasteiger partial charge on any atom is 0.295 e. The Morgan fingerprint density at radius 2 is 2.33 bits per heavy atom. The summed E-state index contributed by atoms with van der Waals surface area (Å²) >= 11 is 0. The fourth-order valence-corrected chi connectivity index (χ4v) is 1.30. The number of para-hydroxylation sites is 1. The molecule has 8 heteroatoms. The van der Waals surface area contributed by atoms with Crippen molar-refractivity contribution in [2.75, 3.05) is 19.0 Å². The van der Waals surface area contributed by atoms with Crippen LogP contribution in [0.25, 0.3) is 0 Å². The van der Waals surface area contributed by atoms with Gasteiger partial charge in [-0.3, -0.25) is 14.9 Å². The molecule has 1 aromatic rings. The van der Waals surface area contributed by atoms with Gasteiger partial charge < -0.3 is 15.8 Å². The van der Waals surface area contributed by atoms with Crippen molar-refractivity contribution in [3.05, 3.63) is 34.1 Å². The van der Waals surface area contributed by atoms with Gasteiger partial charge in [-0.25, -0.2) is 4.39 Å². The van der Waals surface area contributed by atoms with Crippen molar-refractivity contribution in [3.8, 4) is 0 Å². The number of nitrogens with two attached hydrogens (primary N) is 1. The lowest BCUT2D eigenvalue weighted by molar-refractivity contribution is -0.384. The van der Waals surface area contributed by atoms with Gasteiger partial charge in [-0.05, 0) is 6.07 Å². The predicted octanol–water partition coefficient (Wildman–Crippen LogP) is 0.646. The highest BCUT2D eigenvalue weighted by molar-refractivity contribution is 5.96. The van der Waals surface area contributed by atoms with Gasteiger partial charge in [0.15, 0.2) is 11.5 Å². The fraction of sp³-hybridized carbons (Fsp3) is 0.300. The highest BCUT2D eigenvalue weighted by atomic mass is 19.1. The highest BCUT2D eigenvalue weighted by Gasteiger charge is 2.23. The molecule has 0 saturated heterocycles. The first-order chi connectivity index (χ1) is 8.51. The molecule has 1 amide bonds. The minimum absolute atomic E-state index is 0.120. The zero-order valence-corrected chi connectivity index (χ0v) is 9.55. The van der Waals surface area contributed by atoms with Crippen molar-refractivity contribution in [1.29, 1.82) is 0 Å². The third-order valence-corrected chi connectivity index (χ3v) is 2.23. The van der Waals surface area contributed by atoms with E-state index in [4.69, 9.17) is 10.5 Å². The average Bonchev–Trinajstić information content (AvgIpc) is 2.33. The Labute approximate surface area is 102 Å². The van der Waals surface area contributed by atoms with E-state index >= 15 is 0 Å². The maximum absolute atomic E-state index is 13.5. The van der Waals surface area contributed by atoms with Gasteiger partial charge >= 0.3 is 0 Å². The fourth-order valence-electron chi connectivity index (χ4n) is 1.30. The molecular formula is C10H12FN3O4. The van der Waals surface area contributed by atoms with E-state index in [1.54, 1.807) is 0 Å². The number of carbonyl (C=O) groups excluding carboxylic acids is 1. The number of benzene rings is 1. The van der Waals surface area contributed by atoms with Crippen LogP contribution in [-0.4, -0.2) is 30.6 Å². The van der Waals surface area contributed by atoms with Crippen LogP contribution in [0.15, 0.2) is 18.2 Å². The van der Waals surface area contributed by atoms with Crippen molar-refractivity contribution in [2.45, 2.75) is 6.10 Å². The molecule has 0 saturated carbocycles. The van der Waals surface area contributed by atoms with E-state index in [-0.39, 0.29) is 6.54 Å². The quantitative estimate of drug-likeness (QED) is 0.594. The molecule has 0 heterocycles. The van der Waals surface area contributed by atoms with Gasteiger partial charge in [0.25, 0.3) is 11.6 Å². The number of carbonyl (C=O) groups is 1. The van der Waals surface area contributed by atoms with Crippen LogP contribution in [0, 0.1) is 15.9 Å². The largest absolute Gasteiger partial charge is 0.370 e. The Morgan fingerprint density at radius 3 is 2.83 bits per heavy atom. The van der Waals surface area contributed by atoms with Crippen LogP contribution in [0.5, 0.6) is 0 Å². The van der Waals surface area contributed by atoms with E-state index in [1.165, 1.54) is 13.2 Å². The molecular weight excluding hydrogens is 245 g/mol. The summed E-state index contributed by atoms with van der Waals surface area (Å²) in [6.45, 7) is -0.120. The number of methoxy groups -OCH3 is 1. The zero-order chi connectivity index (χ0) is 13.7. The Kier molecular flexibility index (Phi) is 4.69. The Balaban J connectivity index is 3.03. The number of ether oxygens (including phenoxy) is 1. The first-order valence-electron chi connectivity index (χ1n) is 4.98. The van der Waals surface area contributed by atoms with Gasteiger partial charge in [-0.1, -0.05) is 6.07 Å². The van der Waals surface area contributed by atoms with E-state index in [1.807, 2.05) is 0 Å². The molecule has 0 aromatic heterocycles. The third-order valence-electron chi connectivity index (χ3n) is 2.23. The Morgan fingerprint density at radius 1 is 1.67 bits per heavy atom. The summed E-state index contributed by atoms with van der Waals surface area (Å²) in [6, 6.07) is 3.27. The minimum atomic E-state index is -0.996. The molecule has 1 atom stereocenters. The molecule has 1 aromatic carbocycles. The van der Waals surface area contributed by atoms with Gasteiger partial charge in [0, 0.05) is 19.7 Å². The molecule has 0 bridgehead atoms. The lowest BCUT2D eigenvalue weighted by Crippen LogP contribution is -2.36. The van der Waals surface area contributed by atoms with Crippen LogP contribution in [0.4, 0.5) is 15.8 Å². The van der Waals surface area contributed by atoms with Gasteiger partial charge in [-0.15, -0.1) is 0 Å². The molecule has 0 fully saturated rings. The summed E-state index contributed by atoms with van der Waals surface area (Å²) < 4.78 is 18.2. The zero-order valence-electron chi connectivity index (χ0n) is 9.55. The normalized spacial score (nSPS) is 11.9. The van der Waals surface area contributed by atoms with E-state index in [9.17, 15) is 19.3 Å². The number of halogens is 1. The topological polar surface area (TPSA) is 107 Å². The summed E-state index contributed by atoms with van der Waals surface area (Å²) in [5, 5.41) is 12.8. The van der Waals surface area contributed by atoms with E-state index in [0.717, 1.165) is 12.1 Å². The van der Waals surface area contributed by atoms with Crippen molar-refractivity contribution in [2.24, 2.45) is 5.73 Å². The molecule has 1 rings (SSSR count). The number of nitro benzene ring substituents is 1. The van der Waals surface area contributed by atoms with Crippen LogP contribution in [-0.2, 0) is 9.53 Å². The molecule has 98 valence electrons. The van der Waals surface area contributed by atoms with Gasteiger partial charge in [0.05, 0.1) is 4.92 Å². The lowest BCUT2D eigenvalue weighted by atomic mass is 10.2. The predicted molar refractivity (Wildman–Crippen MR) is 61.5 cm³/mol. The van der Waals surface area contributed by atoms with Gasteiger partial charge in [0.1, 0.15) is 6.10 Å². The molecule has 18 heavy (non-hydrogen) atoms. The first kappa shape index (κ1) is 14.0. The summed E-state index contributed by atoms with van der Waals surface area (Å²) in [5.74, 6) is -1.64. The summed E-state index contributed by atoms with van der Waals surface area (Å²) in [4.78, 5) is 21.5. The summed E-state index contributed by atoms with van der Waals surface area (Å²) in [6.07, 6.45) is -0.996. The standard InChI is InChI=1S/C10H12FN3O4/c1-18-8(5-12)10(15)13-9-6(11)3-2-4-7(9)14(16)17/h2-4,8H,5,12H2,1H3,(H,13,15). The van der Waals surface area contributed by atoms with Crippen LogP contribution >= 0.6 is 0 Å². The number of rotatable bonds is 5. The van der Waals surface area contributed by atoms with E-state index in [0.29, 0.717) is 0 Å². The Hall–Kier alpha value is -2.06. The third kappa shape index (κ3) is 2.99. The second kappa shape index (κ2) is 6.03. The molecule has 3 N–H and O–H groups in total. The number of nitrogens with one attached hydrogen (secondary N) is 1. The number of nitro groups is 1. The molecule has 0 spiro atoms. The van der Waals surface area contributed by atoms with Crippen molar-refractivity contribution >= 4 is 17.3 Å². The number of hydrogen-bond acceptors (Lipinski definition) is 5. The minimum Gasteiger partial charge on any atom is -0.370 e. The summed E-state index contributed by atoms with van der Waals surface area (Å²) in [7, 11) is 1.26. The summed E-state index contributed by atoms with van der Waals surface area (Å²) in [5.41, 5.74) is 4.23. The molecule has 0 radical (unpaired) electrons. The molecule has 7 nitrogen and oxygen atoms in total. The molecule has 1 unspecified atom stereocenters. The number of nitrogens with zero attached hydrogens (tertiary/aromatic N) is 1. The second-order valence-electron chi connectivity index (χ2n) is 3.34. The number of amides is 1. The van der Waals surface area contributed by atoms with Crippen molar-refractivity contribution < 1.29 is 18.8 Å². The lowest BCUT2D eigenvalue weighted by Gasteiger charge is -2.13. The van der Waals surface area contributed by atoms with Gasteiger partial charge in [0.2, 0.25) is 0 Å². The molecule has 0 aliphatic heterocycles. The molecule has 0 aliphatic rings. The van der Waals surface area contributed by atoms with E-state index < -0.39 is 34.1 Å². The van der Waals surface area contributed by atoms with Crippen LogP contribution in [0.1, 0.15) is 0 Å². The number of hydrogen-bond donors (Lipinski definition) is 2. The number of anilines is 1.